The number of nitrogens with one attached hydrogen (secondary N) is 1. The van der Waals surface area contributed by atoms with Crippen LogP contribution in [-0.4, -0.2) is 18.8 Å². The van der Waals surface area contributed by atoms with E-state index in [1.807, 2.05) is 0 Å². The fourth-order valence-electron chi connectivity index (χ4n) is 2.40. The Morgan fingerprint density at radius 3 is 2.07 bits per heavy atom. The summed E-state index contributed by atoms with van der Waals surface area (Å²) in [4.78, 5) is 0. The van der Waals surface area contributed by atoms with Crippen LogP contribution in [0.15, 0.2) is 0 Å². The monoisotopic (exact) mass is 207 g/mol. The van der Waals surface area contributed by atoms with Crippen molar-refractivity contribution in [3.8, 4) is 0 Å². The first-order chi connectivity index (χ1) is 6.57. The minimum atomic E-state index is -4.00. The molecule has 2 rings (SSSR count). The van der Waals surface area contributed by atoms with Gasteiger partial charge < -0.3 is 5.32 Å². The van der Waals surface area contributed by atoms with Crippen LogP contribution in [0.5, 0.6) is 0 Å². The van der Waals surface area contributed by atoms with Crippen LogP contribution >= 0.6 is 0 Å². The van der Waals surface area contributed by atoms with Gasteiger partial charge in [-0.1, -0.05) is 6.42 Å². The molecule has 1 aliphatic heterocycles. The summed E-state index contributed by atoms with van der Waals surface area (Å²) in [6.07, 6.45) is 0.679. The second kappa shape index (κ2) is 3.72. The lowest BCUT2D eigenvalue weighted by Crippen LogP contribution is -2.48. The number of hydrogen-bond acceptors (Lipinski definition) is 1. The molecule has 1 nitrogen and oxygen atoms in total. The van der Waals surface area contributed by atoms with E-state index in [4.69, 9.17) is 0 Å². The third-order valence-corrected chi connectivity index (χ3v) is 3.63. The largest absolute Gasteiger partial charge is 0.393 e. The molecule has 2 fully saturated rings. The van der Waals surface area contributed by atoms with Crippen molar-refractivity contribution in [3.05, 3.63) is 0 Å². The van der Waals surface area contributed by atoms with Crippen LogP contribution in [-0.2, 0) is 0 Å². The lowest BCUT2D eigenvalue weighted by Gasteiger charge is -2.39. The Morgan fingerprint density at radius 2 is 1.71 bits per heavy atom. The van der Waals surface area contributed by atoms with E-state index in [0.29, 0.717) is 24.8 Å². The van der Waals surface area contributed by atoms with Gasteiger partial charge in [0.2, 0.25) is 0 Å². The molecule has 0 radical (unpaired) electrons. The van der Waals surface area contributed by atoms with Gasteiger partial charge in [0.15, 0.2) is 0 Å². The Morgan fingerprint density at radius 1 is 1.00 bits per heavy atom. The molecular formula is C10H16F3N. The highest BCUT2D eigenvalue weighted by atomic mass is 19.4. The molecule has 1 saturated carbocycles. The Kier molecular flexibility index (Phi) is 2.73. The standard InChI is InChI=1S/C10H16F3N/c11-10(12,13)8-4-5-9(14-6-8)7-2-1-3-7/h7-9,14H,1-6H2. The average Bonchev–Trinajstić information content (AvgIpc) is 2.00. The van der Waals surface area contributed by atoms with Gasteiger partial charge in [0.05, 0.1) is 5.92 Å². The molecule has 1 saturated heterocycles. The van der Waals surface area contributed by atoms with Gasteiger partial charge in [-0.15, -0.1) is 0 Å². The van der Waals surface area contributed by atoms with Crippen molar-refractivity contribution in [2.24, 2.45) is 11.8 Å². The minimum absolute atomic E-state index is 0.130. The SMILES string of the molecule is FC(F)(F)C1CCC(C2CCC2)NC1. The summed E-state index contributed by atoms with van der Waals surface area (Å²) in [7, 11) is 0. The third-order valence-electron chi connectivity index (χ3n) is 3.63. The molecule has 2 unspecified atom stereocenters. The van der Waals surface area contributed by atoms with Crippen LogP contribution in [0.1, 0.15) is 32.1 Å². The lowest BCUT2D eigenvalue weighted by atomic mass is 9.76. The number of halogens is 3. The number of rotatable bonds is 1. The van der Waals surface area contributed by atoms with E-state index < -0.39 is 12.1 Å². The molecular weight excluding hydrogens is 191 g/mol. The molecule has 0 aromatic heterocycles. The van der Waals surface area contributed by atoms with Crippen molar-refractivity contribution < 1.29 is 13.2 Å². The molecule has 0 bridgehead atoms. The normalized spacial score (nSPS) is 35.4. The van der Waals surface area contributed by atoms with Crippen LogP contribution in [0.2, 0.25) is 0 Å². The van der Waals surface area contributed by atoms with Crippen molar-refractivity contribution in [1.82, 2.24) is 5.32 Å². The molecule has 1 heterocycles. The summed E-state index contributed by atoms with van der Waals surface area (Å²) in [6, 6.07) is 0.363. The number of alkyl halides is 3. The summed E-state index contributed by atoms with van der Waals surface area (Å²) in [6.45, 7) is 0.130. The van der Waals surface area contributed by atoms with Crippen molar-refractivity contribution in [1.29, 1.82) is 0 Å². The van der Waals surface area contributed by atoms with Crippen LogP contribution in [0.25, 0.3) is 0 Å². The highest BCUT2D eigenvalue weighted by molar-refractivity contribution is 4.88. The van der Waals surface area contributed by atoms with Crippen molar-refractivity contribution >= 4 is 0 Å². The Hall–Kier alpha value is -0.250. The lowest BCUT2D eigenvalue weighted by molar-refractivity contribution is -0.180. The van der Waals surface area contributed by atoms with Gasteiger partial charge in [-0.3, -0.25) is 0 Å². The summed E-state index contributed by atoms with van der Waals surface area (Å²) in [5.41, 5.74) is 0. The summed E-state index contributed by atoms with van der Waals surface area (Å²) in [5, 5.41) is 3.06. The predicted octanol–water partition coefficient (Wildman–Crippen LogP) is 2.72. The first kappa shape index (κ1) is 10.3. The topological polar surface area (TPSA) is 12.0 Å². The molecule has 1 aliphatic carbocycles. The molecule has 0 spiro atoms. The fraction of sp³-hybridized carbons (Fsp3) is 1.00. The average molecular weight is 207 g/mol. The summed E-state index contributed by atoms with van der Waals surface area (Å²) < 4.78 is 37.0. The van der Waals surface area contributed by atoms with Crippen LogP contribution in [0, 0.1) is 11.8 Å². The van der Waals surface area contributed by atoms with Crippen molar-refractivity contribution in [2.75, 3.05) is 6.54 Å². The smallest absolute Gasteiger partial charge is 0.313 e. The highest BCUT2D eigenvalue weighted by Gasteiger charge is 2.42. The second-order valence-electron chi connectivity index (χ2n) is 4.52. The zero-order chi connectivity index (χ0) is 10.2. The first-order valence-corrected chi connectivity index (χ1v) is 5.37. The van der Waals surface area contributed by atoms with Gasteiger partial charge in [-0.2, -0.15) is 13.2 Å². The van der Waals surface area contributed by atoms with Crippen LogP contribution in [0.4, 0.5) is 13.2 Å². The third kappa shape index (κ3) is 2.05. The minimum Gasteiger partial charge on any atom is -0.313 e. The van der Waals surface area contributed by atoms with E-state index in [2.05, 4.69) is 5.32 Å². The maximum atomic E-state index is 12.3. The van der Waals surface area contributed by atoms with Crippen LogP contribution < -0.4 is 5.32 Å². The van der Waals surface area contributed by atoms with E-state index in [1.54, 1.807) is 0 Å². The number of hydrogen-bond donors (Lipinski definition) is 1. The Bertz CT molecular complexity index is 190. The highest BCUT2D eigenvalue weighted by Crippen LogP contribution is 2.37. The van der Waals surface area contributed by atoms with Gasteiger partial charge in [0.1, 0.15) is 0 Å². The maximum Gasteiger partial charge on any atom is 0.393 e. The summed E-state index contributed by atoms with van der Waals surface area (Å²) in [5.74, 6) is -0.456. The second-order valence-corrected chi connectivity index (χ2v) is 4.52. The molecule has 14 heavy (non-hydrogen) atoms. The van der Waals surface area contributed by atoms with Gasteiger partial charge in [0, 0.05) is 12.6 Å². The maximum absolute atomic E-state index is 12.3. The quantitative estimate of drug-likeness (QED) is 0.697. The Balaban J connectivity index is 1.80. The van der Waals surface area contributed by atoms with Crippen molar-refractivity contribution in [3.63, 3.8) is 0 Å². The molecule has 2 atom stereocenters. The molecule has 0 amide bonds. The molecule has 82 valence electrons. The van der Waals surface area contributed by atoms with Gasteiger partial charge in [0.25, 0.3) is 0 Å². The Labute approximate surface area is 82.1 Å². The zero-order valence-corrected chi connectivity index (χ0v) is 8.11. The first-order valence-electron chi connectivity index (χ1n) is 5.37. The van der Waals surface area contributed by atoms with E-state index in [1.165, 1.54) is 19.3 Å². The van der Waals surface area contributed by atoms with Gasteiger partial charge >= 0.3 is 6.18 Å². The molecule has 0 aromatic carbocycles. The molecule has 0 aromatic rings. The van der Waals surface area contributed by atoms with E-state index in [0.717, 1.165) is 0 Å². The van der Waals surface area contributed by atoms with Gasteiger partial charge in [-0.25, -0.2) is 0 Å². The zero-order valence-electron chi connectivity index (χ0n) is 8.11. The molecule has 4 heteroatoms. The molecule has 1 N–H and O–H groups in total. The number of piperidine rings is 1. The predicted molar refractivity (Wildman–Crippen MR) is 47.9 cm³/mol. The van der Waals surface area contributed by atoms with Gasteiger partial charge in [-0.05, 0) is 31.6 Å². The van der Waals surface area contributed by atoms with E-state index in [-0.39, 0.29) is 6.54 Å². The summed E-state index contributed by atoms with van der Waals surface area (Å²) >= 11 is 0. The van der Waals surface area contributed by atoms with E-state index in [9.17, 15) is 13.2 Å². The van der Waals surface area contributed by atoms with Crippen molar-refractivity contribution in [2.45, 2.75) is 44.3 Å². The van der Waals surface area contributed by atoms with Crippen LogP contribution in [0.3, 0.4) is 0 Å². The fourth-order valence-corrected chi connectivity index (χ4v) is 2.40. The molecule has 2 aliphatic rings. The van der Waals surface area contributed by atoms with E-state index >= 15 is 0 Å².